The number of carboxylic acid groups (broad SMARTS) is 1. The first kappa shape index (κ1) is 16.2. The normalized spacial score (nSPS) is 27.6. The lowest BCUT2D eigenvalue weighted by Gasteiger charge is -2.26. The van der Waals surface area contributed by atoms with Gasteiger partial charge in [-0.3, -0.25) is 14.5 Å². The van der Waals surface area contributed by atoms with Crippen LogP contribution in [0.2, 0.25) is 0 Å². The van der Waals surface area contributed by atoms with Crippen molar-refractivity contribution in [2.24, 2.45) is 11.8 Å². The zero-order chi connectivity index (χ0) is 15.2. The molecular weight excluding hydrogens is 272 g/mol. The molecule has 2 unspecified atom stereocenters. The lowest BCUT2D eigenvalue weighted by Crippen LogP contribution is -2.41. The Balaban J connectivity index is 1.89. The third-order valence-corrected chi connectivity index (χ3v) is 4.66. The third kappa shape index (κ3) is 4.17. The van der Waals surface area contributed by atoms with Crippen molar-refractivity contribution >= 4 is 11.9 Å². The van der Waals surface area contributed by atoms with Gasteiger partial charge in [-0.15, -0.1) is 0 Å². The first-order valence-electron chi connectivity index (χ1n) is 7.86. The van der Waals surface area contributed by atoms with Gasteiger partial charge in [-0.25, -0.2) is 0 Å². The summed E-state index contributed by atoms with van der Waals surface area (Å²) in [7, 11) is 1.69. The number of aliphatic carboxylic acids is 1. The molecule has 2 fully saturated rings. The Bertz CT molecular complexity index is 375. The third-order valence-electron chi connectivity index (χ3n) is 4.66. The van der Waals surface area contributed by atoms with Gasteiger partial charge in [-0.1, -0.05) is 6.42 Å². The first-order chi connectivity index (χ1) is 10.1. The standard InChI is InChI=1S/C15H26N2O4/c1-21-11-10-16-6-3-7-17(9-8-16)14(18)12-4-2-5-13(12)15(19)20/h12-13H,2-11H2,1H3,(H,19,20). The maximum atomic E-state index is 12.6. The van der Waals surface area contributed by atoms with Crippen LogP contribution in [-0.4, -0.2) is 73.2 Å². The number of rotatable bonds is 5. The van der Waals surface area contributed by atoms with Crippen LogP contribution in [0.15, 0.2) is 0 Å². The summed E-state index contributed by atoms with van der Waals surface area (Å²) in [5, 5.41) is 9.23. The molecule has 0 spiro atoms. The van der Waals surface area contributed by atoms with Crippen molar-refractivity contribution in [1.29, 1.82) is 0 Å². The summed E-state index contributed by atoms with van der Waals surface area (Å²) in [5.41, 5.74) is 0. The molecule has 1 aliphatic carbocycles. The van der Waals surface area contributed by atoms with Crippen molar-refractivity contribution in [2.75, 3.05) is 46.4 Å². The monoisotopic (exact) mass is 298 g/mol. The summed E-state index contributed by atoms with van der Waals surface area (Å²) >= 11 is 0. The van der Waals surface area contributed by atoms with E-state index in [2.05, 4.69) is 4.90 Å². The molecule has 1 amide bonds. The molecule has 2 aliphatic rings. The molecule has 120 valence electrons. The van der Waals surface area contributed by atoms with Gasteiger partial charge in [0.25, 0.3) is 0 Å². The van der Waals surface area contributed by atoms with Crippen LogP contribution < -0.4 is 0 Å². The van der Waals surface area contributed by atoms with E-state index in [1.54, 1.807) is 7.11 Å². The Morgan fingerprint density at radius 2 is 1.86 bits per heavy atom. The van der Waals surface area contributed by atoms with Crippen molar-refractivity contribution in [1.82, 2.24) is 9.80 Å². The first-order valence-corrected chi connectivity index (χ1v) is 7.86. The summed E-state index contributed by atoms with van der Waals surface area (Å²) < 4.78 is 5.09. The predicted octanol–water partition coefficient (Wildman–Crippen LogP) is 0.668. The van der Waals surface area contributed by atoms with E-state index in [-0.39, 0.29) is 11.8 Å². The van der Waals surface area contributed by atoms with E-state index in [1.165, 1.54) is 0 Å². The molecule has 1 saturated carbocycles. The van der Waals surface area contributed by atoms with E-state index < -0.39 is 11.9 Å². The molecule has 21 heavy (non-hydrogen) atoms. The smallest absolute Gasteiger partial charge is 0.307 e. The van der Waals surface area contributed by atoms with E-state index >= 15 is 0 Å². The highest BCUT2D eigenvalue weighted by Crippen LogP contribution is 2.33. The highest BCUT2D eigenvalue weighted by atomic mass is 16.5. The number of hydrogen-bond donors (Lipinski definition) is 1. The van der Waals surface area contributed by atoms with Crippen molar-refractivity contribution < 1.29 is 19.4 Å². The lowest BCUT2D eigenvalue weighted by molar-refractivity contribution is -0.149. The van der Waals surface area contributed by atoms with Crippen molar-refractivity contribution in [2.45, 2.75) is 25.7 Å². The van der Waals surface area contributed by atoms with Gasteiger partial charge >= 0.3 is 5.97 Å². The number of methoxy groups -OCH3 is 1. The molecule has 6 nitrogen and oxygen atoms in total. The molecule has 1 aliphatic heterocycles. The summed E-state index contributed by atoms with van der Waals surface area (Å²) in [6.07, 6.45) is 3.15. The fraction of sp³-hybridized carbons (Fsp3) is 0.867. The van der Waals surface area contributed by atoms with Crippen LogP contribution in [-0.2, 0) is 14.3 Å². The molecule has 0 radical (unpaired) electrons. The van der Waals surface area contributed by atoms with Crippen molar-refractivity contribution in [3.05, 3.63) is 0 Å². The van der Waals surface area contributed by atoms with Gasteiger partial charge in [0.15, 0.2) is 0 Å². The maximum Gasteiger partial charge on any atom is 0.307 e. The fourth-order valence-corrected chi connectivity index (χ4v) is 3.42. The summed E-state index contributed by atoms with van der Waals surface area (Å²) in [4.78, 5) is 28.0. The van der Waals surface area contributed by atoms with Gasteiger partial charge in [-0.2, -0.15) is 0 Å². The molecule has 1 saturated heterocycles. The summed E-state index contributed by atoms with van der Waals surface area (Å²) in [6.45, 7) is 4.85. The highest BCUT2D eigenvalue weighted by Gasteiger charge is 2.39. The van der Waals surface area contributed by atoms with Crippen LogP contribution >= 0.6 is 0 Å². The molecule has 2 rings (SSSR count). The van der Waals surface area contributed by atoms with Crippen LogP contribution in [0.1, 0.15) is 25.7 Å². The van der Waals surface area contributed by atoms with Crippen LogP contribution in [0.3, 0.4) is 0 Å². The Labute approximate surface area is 126 Å². The minimum absolute atomic E-state index is 0.0495. The molecule has 0 aromatic rings. The number of carbonyl (C=O) groups excluding carboxylic acids is 1. The number of amides is 1. The van der Waals surface area contributed by atoms with Gasteiger partial charge in [0.05, 0.1) is 18.4 Å². The number of ether oxygens (including phenoxy) is 1. The Morgan fingerprint density at radius 1 is 1.10 bits per heavy atom. The van der Waals surface area contributed by atoms with Gasteiger partial charge in [0.1, 0.15) is 0 Å². The minimum Gasteiger partial charge on any atom is -0.481 e. The molecule has 1 heterocycles. The average molecular weight is 298 g/mol. The molecule has 1 N–H and O–H groups in total. The quantitative estimate of drug-likeness (QED) is 0.808. The highest BCUT2D eigenvalue weighted by molar-refractivity contribution is 5.85. The molecule has 0 aromatic heterocycles. The topological polar surface area (TPSA) is 70.1 Å². The second-order valence-corrected chi connectivity index (χ2v) is 6.00. The minimum atomic E-state index is -0.817. The number of carboxylic acids is 1. The zero-order valence-electron chi connectivity index (χ0n) is 12.8. The van der Waals surface area contributed by atoms with Gasteiger partial charge in [0, 0.05) is 33.3 Å². The number of carbonyl (C=O) groups is 2. The molecule has 0 aromatic carbocycles. The molecular formula is C15H26N2O4. The maximum absolute atomic E-state index is 12.6. The SMILES string of the molecule is COCCN1CCCN(C(=O)C2CCCC2C(=O)O)CC1. The van der Waals surface area contributed by atoms with Crippen LogP contribution in [0.25, 0.3) is 0 Å². The van der Waals surface area contributed by atoms with Crippen LogP contribution in [0, 0.1) is 11.8 Å². The Kier molecular flexibility index (Phi) is 5.99. The largest absolute Gasteiger partial charge is 0.481 e. The van der Waals surface area contributed by atoms with E-state index in [1.807, 2.05) is 4.90 Å². The Morgan fingerprint density at radius 3 is 2.57 bits per heavy atom. The number of hydrogen-bond acceptors (Lipinski definition) is 4. The average Bonchev–Trinajstić information content (AvgIpc) is 2.84. The van der Waals surface area contributed by atoms with E-state index in [4.69, 9.17) is 4.74 Å². The lowest BCUT2D eigenvalue weighted by atomic mass is 9.94. The molecule has 0 bridgehead atoms. The molecule has 2 atom stereocenters. The second-order valence-electron chi connectivity index (χ2n) is 6.00. The fourth-order valence-electron chi connectivity index (χ4n) is 3.42. The van der Waals surface area contributed by atoms with E-state index in [0.29, 0.717) is 19.6 Å². The van der Waals surface area contributed by atoms with Gasteiger partial charge < -0.3 is 14.7 Å². The van der Waals surface area contributed by atoms with Crippen LogP contribution in [0.4, 0.5) is 0 Å². The van der Waals surface area contributed by atoms with Crippen molar-refractivity contribution in [3.8, 4) is 0 Å². The van der Waals surface area contributed by atoms with Crippen molar-refractivity contribution in [3.63, 3.8) is 0 Å². The summed E-state index contributed by atoms with van der Waals surface area (Å²) in [5.74, 6) is -1.56. The van der Waals surface area contributed by atoms with E-state index in [0.717, 1.165) is 45.4 Å². The Hall–Kier alpha value is -1.14. The van der Waals surface area contributed by atoms with E-state index in [9.17, 15) is 14.7 Å². The van der Waals surface area contributed by atoms with Crippen LogP contribution in [0.5, 0.6) is 0 Å². The predicted molar refractivity (Wildman–Crippen MR) is 78.0 cm³/mol. The second kappa shape index (κ2) is 7.75. The number of nitrogens with zero attached hydrogens (tertiary/aromatic N) is 2. The zero-order valence-corrected chi connectivity index (χ0v) is 12.8. The van der Waals surface area contributed by atoms with Gasteiger partial charge in [-0.05, 0) is 25.8 Å². The van der Waals surface area contributed by atoms with Gasteiger partial charge in [0.2, 0.25) is 5.91 Å². The summed E-state index contributed by atoms with van der Waals surface area (Å²) in [6, 6.07) is 0. The molecule has 6 heteroatoms.